The fourth-order valence-corrected chi connectivity index (χ4v) is 4.46. The first-order valence-electron chi connectivity index (χ1n) is 10.0. The second kappa shape index (κ2) is 7.76. The van der Waals surface area contributed by atoms with Gasteiger partial charge < -0.3 is 4.55 Å². The topological polar surface area (TPSA) is 180 Å². The highest BCUT2D eigenvalue weighted by Gasteiger charge is 2.44. The molecule has 5 rings (SSSR count). The molecule has 1 fully saturated rings. The number of benzene rings is 2. The molecule has 2 aromatic carbocycles. The highest BCUT2D eigenvalue weighted by atomic mass is 32.3. The summed E-state index contributed by atoms with van der Waals surface area (Å²) in [5.41, 5.74) is 1.72. The highest BCUT2D eigenvalue weighted by molar-refractivity contribution is 7.95. The van der Waals surface area contributed by atoms with Crippen LogP contribution >= 0.6 is 0 Å². The number of hydrogen-bond acceptors (Lipinski definition) is 8. The number of primary sulfonamides is 1. The number of carbonyl (C=O) groups is 4. The lowest BCUT2D eigenvalue weighted by atomic mass is 10.0. The standard InChI is InChI=1S/C21H16N6O6S/c22-34(32,33)13-4-2-12(3-5-13)26-10-16(24-25-26)11-1-6-14-15(9-11)21(31)27(20(14)30)17-7-8-18(28)23-19(17)29/h1-6,9-10,17H,7-8H2,(H3-,22,23,28,29,32,33). The number of hydrogen-bond donors (Lipinski definition) is 2. The largest absolute Gasteiger partial charge is 0.593 e. The van der Waals surface area contributed by atoms with Crippen LogP contribution in [0.1, 0.15) is 33.6 Å². The maximum absolute atomic E-state index is 13.0. The molecular weight excluding hydrogens is 464 g/mol. The van der Waals surface area contributed by atoms with Gasteiger partial charge in [0.25, 0.3) is 11.8 Å². The summed E-state index contributed by atoms with van der Waals surface area (Å²) in [4.78, 5) is 50.3. The van der Waals surface area contributed by atoms with Crippen molar-refractivity contribution in [2.24, 2.45) is 5.14 Å². The number of piperidine rings is 1. The maximum Gasteiger partial charge on any atom is 0.262 e. The zero-order valence-electron chi connectivity index (χ0n) is 17.3. The second-order valence-corrected chi connectivity index (χ2v) is 9.36. The van der Waals surface area contributed by atoms with Crippen LogP contribution in [0.3, 0.4) is 0 Å². The van der Waals surface area contributed by atoms with Gasteiger partial charge in [0, 0.05) is 12.0 Å². The number of aromatic nitrogens is 3. The number of carbonyl (C=O) groups excluding carboxylic acids is 4. The molecule has 1 aromatic heterocycles. The lowest BCUT2D eigenvalue weighted by Crippen LogP contribution is -2.54. The van der Waals surface area contributed by atoms with Gasteiger partial charge in [-0.1, -0.05) is 15.5 Å². The Kier molecular flexibility index (Phi) is 4.97. The van der Waals surface area contributed by atoms with Gasteiger partial charge in [-0.3, -0.25) is 29.4 Å². The number of fused-ring (bicyclic) bond motifs is 1. The third-order valence-electron chi connectivity index (χ3n) is 5.66. The van der Waals surface area contributed by atoms with E-state index in [0.29, 0.717) is 16.9 Å². The first-order valence-corrected chi connectivity index (χ1v) is 11.6. The van der Waals surface area contributed by atoms with Crippen LogP contribution in [-0.2, 0) is 24.2 Å². The van der Waals surface area contributed by atoms with Gasteiger partial charge in [-0.05, 0) is 42.8 Å². The molecule has 13 heteroatoms. The van der Waals surface area contributed by atoms with Crippen molar-refractivity contribution in [3.8, 4) is 16.9 Å². The van der Waals surface area contributed by atoms with Gasteiger partial charge in [0.1, 0.15) is 11.7 Å². The average molecular weight is 480 g/mol. The maximum atomic E-state index is 13.0. The summed E-state index contributed by atoms with van der Waals surface area (Å²) in [6, 6.07) is 9.26. The normalized spacial score (nSPS) is 19.7. The molecule has 3 aromatic rings. The van der Waals surface area contributed by atoms with Crippen molar-refractivity contribution < 1.29 is 27.9 Å². The molecule has 34 heavy (non-hydrogen) atoms. The Morgan fingerprint density at radius 3 is 2.41 bits per heavy atom. The minimum atomic E-state index is -3.82. The Balaban J connectivity index is 1.42. The highest BCUT2D eigenvalue weighted by Crippen LogP contribution is 2.31. The van der Waals surface area contributed by atoms with Crippen molar-refractivity contribution in [2.75, 3.05) is 0 Å². The quantitative estimate of drug-likeness (QED) is 0.392. The molecule has 1 saturated heterocycles. The number of nitrogens with two attached hydrogens (primary N) is 1. The Labute approximate surface area is 193 Å². The number of rotatable bonds is 4. The molecule has 3 N–H and O–H groups in total. The summed E-state index contributed by atoms with van der Waals surface area (Å²) in [6.07, 6.45) is 1.69. The van der Waals surface area contributed by atoms with Crippen molar-refractivity contribution in [1.82, 2.24) is 25.2 Å². The van der Waals surface area contributed by atoms with Crippen LogP contribution in [0, 0.1) is 0 Å². The predicted octanol–water partition coefficient (Wildman–Crippen LogP) is 0.198. The van der Waals surface area contributed by atoms with E-state index in [9.17, 15) is 27.9 Å². The smallest absolute Gasteiger partial charge is 0.262 e. The van der Waals surface area contributed by atoms with Crippen LogP contribution in [-0.4, -0.2) is 54.1 Å². The van der Waals surface area contributed by atoms with E-state index in [4.69, 9.17) is 5.14 Å². The van der Waals surface area contributed by atoms with Gasteiger partial charge in [-0.15, -0.1) is 10.2 Å². The minimum Gasteiger partial charge on any atom is -0.593 e. The number of amides is 4. The molecule has 0 bridgehead atoms. The molecule has 172 valence electrons. The van der Waals surface area contributed by atoms with Crippen LogP contribution < -0.4 is 10.5 Å². The fourth-order valence-electron chi connectivity index (χ4n) is 3.94. The van der Waals surface area contributed by atoms with Gasteiger partial charge in [-0.25, -0.2) is 4.68 Å². The van der Waals surface area contributed by atoms with E-state index >= 15 is 0 Å². The van der Waals surface area contributed by atoms with Gasteiger partial charge in [0.2, 0.25) is 11.8 Å². The molecule has 0 saturated carbocycles. The van der Waals surface area contributed by atoms with Crippen LogP contribution in [0.5, 0.6) is 0 Å². The van der Waals surface area contributed by atoms with Gasteiger partial charge in [0.15, 0.2) is 15.3 Å². The SMILES string of the molecule is N[S+](=O)([O-])c1ccc(-n2cc(-c3ccc4c(c3)C(=O)N(C3CCC(=O)NC3=O)C4=O)nn2)cc1. The summed E-state index contributed by atoms with van der Waals surface area (Å²) in [6.45, 7) is 0. The zero-order chi connectivity index (χ0) is 24.2. The van der Waals surface area contributed by atoms with Crippen LogP contribution in [0.4, 0.5) is 0 Å². The molecule has 0 aliphatic carbocycles. The molecule has 3 heterocycles. The van der Waals surface area contributed by atoms with Gasteiger partial charge >= 0.3 is 0 Å². The van der Waals surface area contributed by atoms with E-state index in [0.717, 1.165) is 4.90 Å². The van der Waals surface area contributed by atoms with Crippen molar-refractivity contribution in [3.05, 3.63) is 59.8 Å². The zero-order valence-corrected chi connectivity index (χ0v) is 18.2. The van der Waals surface area contributed by atoms with E-state index < -0.39 is 40.1 Å². The number of sulfonamides is 1. The molecule has 2 unspecified atom stereocenters. The minimum absolute atomic E-state index is 0.0381. The van der Waals surface area contributed by atoms with Gasteiger partial charge in [-0.2, -0.15) is 0 Å². The van der Waals surface area contributed by atoms with Crippen LogP contribution in [0.15, 0.2) is 53.6 Å². The predicted molar refractivity (Wildman–Crippen MR) is 115 cm³/mol. The van der Waals surface area contributed by atoms with E-state index in [2.05, 4.69) is 15.6 Å². The van der Waals surface area contributed by atoms with E-state index in [-0.39, 0.29) is 28.9 Å². The fraction of sp³-hybridized carbons (Fsp3) is 0.143. The van der Waals surface area contributed by atoms with Crippen LogP contribution in [0.2, 0.25) is 0 Å². The molecule has 0 radical (unpaired) electrons. The Bertz CT molecular complexity index is 1430. The summed E-state index contributed by atoms with van der Waals surface area (Å²) in [5.74, 6) is -2.34. The monoisotopic (exact) mass is 480 g/mol. The Morgan fingerprint density at radius 2 is 1.74 bits per heavy atom. The Morgan fingerprint density at radius 1 is 1.03 bits per heavy atom. The average Bonchev–Trinajstić information content (AvgIpc) is 3.38. The molecule has 4 amide bonds. The molecule has 0 spiro atoms. The molecule has 12 nitrogen and oxygen atoms in total. The number of nitrogens with zero attached hydrogens (tertiary/aromatic N) is 4. The second-order valence-electron chi connectivity index (χ2n) is 7.79. The number of nitrogens with one attached hydrogen (secondary N) is 1. The third-order valence-corrected chi connectivity index (χ3v) is 6.59. The van der Waals surface area contributed by atoms with Gasteiger partial charge in [0.05, 0.1) is 23.0 Å². The molecular formula is C21H16N6O6S. The lowest BCUT2D eigenvalue weighted by Gasteiger charge is -2.27. The van der Waals surface area contributed by atoms with Crippen LogP contribution in [0.25, 0.3) is 16.9 Å². The Hall–Kier alpha value is -4.07. The third kappa shape index (κ3) is 3.61. The summed E-state index contributed by atoms with van der Waals surface area (Å²) in [5, 5.41) is 15.4. The molecule has 2 atom stereocenters. The molecule has 2 aliphatic rings. The lowest BCUT2D eigenvalue weighted by molar-refractivity contribution is -0.136. The first kappa shape index (κ1) is 21.8. The van der Waals surface area contributed by atoms with Crippen molar-refractivity contribution >= 4 is 34.0 Å². The van der Waals surface area contributed by atoms with E-state index in [1.165, 1.54) is 41.1 Å². The molecule has 2 aliphatic heterocycles. The van der Waals surface area contributed by atoms with E-state index in [1.54, 1.807) is 12.3 Å². The summed E-state index contributed by atoms with van der Waals surface area (Å²) in [7, 11) is -3.82. The van der Waals surface area contributed by atoms with Crippen molar-refractivity contribution in [2.45, 2.75) is 23.8 Å². The van der Waals surface area contributed by atoms with Crippen molar-refractivity contribution in [1.29, 1.82) is 0 Å². The number of imide groups is 2. The van der Waals surface area contributed by atoms with E-state index in [1.807, 2.05) is 0 Å². The summed E-state index contributed by atoms with van der Waals surface area (Å²) < 4.78 is 24.3. The summed E-state index contributed by atoms with van der Waals surface area (Å²) >= 11 is 0. The van der Waals surface area contributed by atoms with Crippen molar-refractivity contribution in [3.63, 3.8) is 0 Å². The first-order chi connectivity index (χ1) is 16.1.